The van der Waals surface area contributed by atoms with Gasteiger partial charge < -0.3 is 96.4 Å². The fourth-order valence-electron chi connectivity index (χ4n) is 5.21. The Balaban J connectivity index is 1.74. The molecule has 0 aliphatic rings. The molecule has 0 spiro atoms. The molecular formula is C46H76F4N2O20. The van der Waals surface area contributed by atoms with E-state index >= 15 is 0 Å². The fourth-order valence-corrected chi connectivity index (χ4v) is 5.21. The van der Waals surface area contributed by atoms with E-state index < -0.39 is 46.9 Å². The highest BCUT2D eigenvalue weighted by Gasteiger charge is 2.27. The van der Waals surface area contributed by atoms with Gasteiger partial charge in [-0.25, -0.2) is 8.78 Å². The van der Waals surface area contributed by atoms with Gasteiger partial charge in [0.15, 0.2) is 11.6 Å². The number of aldehydes is 2. The molecule has 3 N–H and O–H groups in total. The Labute approximate surface area is 418 Å². The minimum atomic E-state index is -1.80. The molecule has 0 saturated carbocycles. The van der Waals surface area contributed by atoms with Gasteiger partial charge in [0.1, 0.15) is 12.6 Å². The second-order valence-corrected chi connectivity index (χ2v) is 14.9. The number of ether oxygens (including phenoxy) is 16. The van der Waals surface area contributed by atoms with Gasteiger partial charge in [-0.1, -0.05) is 0 Å². The third kappa shape index (κ3) is 40.0. The van der Waals surface area contributed by atoms with Crippen LogP contribution in [0.25, 0.3) is 0 Å². The third-order valence-electron chi connectivity index (χ3n) is 8.80. The summed E-state index contributed by atoms with van der Waals surface area (Å²) < 4.78 is 139. The van der Waals surface area contributed by atoms with Crippen LogP contribution in [0, 0.1) is 23.3 Å². The third-order valence-corrected chi connectivity index (χ3v) is 8.80. The summed E-state index contributed by atoms with van der Waals surface area (Å²) in [5.41, 5.74) is 5.33. The van der Waals surface area contributed by atoms with Crippen LogP contribution in [0.4, 0.5) is 17.6 Å². The molecule has 1 rings (SSSR count). The summed E-state index contributed by atoms with van der Waals surface area (Å²) in [6, 6.07) is 0.0127. The molecule has 0 aliphatic heterocycles. The monoisotopic (exact) mass is 1050 g/mol. The summed E-state index contributed by atoms with van der Waals surface area (Å²) in [6.45, 7) is 9.61. The average molecular weight is 1050 g/mol. The average Bonchev–Trinajstić information content (AvgIpc) is 3.37. The number of hydrogen-bond acceptors (Lipinski definition) is 21. The number of carbonyl (C=O) groups excluding carboxylic acids is 4. The Kier molecular flexibility index (Phi) is 44.9. The molecule has 72 heavy (non-hydrogen) atoms. The van der Waals surface area contributed by atoms with E-state index in [0.29, 0.717) is 139 Å². The normalized spacial score (nSPS) is 11.6. The van der Waals surface area contributed by atoms with Gasteiger partial charge in [-0.05, 0) is 0 Å². The van der Waals surface area contributed by atoms with Gasteiger partial charge in [0.05, 0.1) is 210 Å². The number of nitrogens with one attached hydrogen (secondary N) is 1. The Morgan fingerprint density at radius 2 is 0.722 bits per heavy atom. The molecule has 0 radical (unpaired) electrons. The van der Waals surface area contributed by atoms with E-state index in [1.54, 1.807) is 0 Å². The van der Waals surface area contributed by atoms with E-state index in [0.717, 1.165) is 12.6 Å². The van der Waals surface area contributed by atoms with Crippen LogP contribution in [0.1, 0.15) is 25.7 Å². The van der Waals surface area contributed by atoms with Gasteiger partial charge in [0, 0.05) is 31.9 Å². The van der Waals surface area contributed by atoms with E-state index in [9.17, 15) is 36.7 Å². The number of amides is 1. The SMILES string of the molecule is NC(COCCC=O)(COCCC=O)COCCC(=O)NCCOCCOCCOCCOCCOCCOCCOCCOCCOCCOCCOCCOCCC(=O)Oc1c(F)c(F)cc(F)c1F. The standard InChI is InChI=1S/C46H76F4N2O20/c47-39-35-40(48)44(50)45(43(39)49)72-42(56)4-11-57-13-15-59-17-19-61-21-23-63-25-27-65-29-31-67-33-34-68-32-30-66-28-26-64-24-22-62-20-18-60-16-14-58-12-5-52-41(55)3-10-71-38-46(51,36-69-8-1-6-53)37-70-9-2-7-54/h6-7,35H,1-5,8-34,36-38,51H2,(H,52,55). The number of benzene rings is 1. The number of esters is 1. The Bertz CT molecular complexity index is 1450. The predicted molar refractivity (Wildman–Crippen MR) is 245 cm³/mol. The van der Waals surface area contributed by atoms with Crippen LogP contribution < -0.4 is 15.8 Å². The van der Waals surface area contributed by atoms with Gasteiger partial charge in [-0.15, -0.1) is 0 Å². The molecule has 1 amide bonds. The van der Waals surface area contributed by atoms with Crippen LogP contribution in [-0.4, -0.2) is 235 Å². The molecule has 0 atom stereocenters. The Morgan fingerprint density at radius 3 is 1.06 bits per heavy atom. The number of hydrogen-bond donors (Lipinski definition) is 2. The van der Waals surface area contributed by atoms with E-state index in [2.05, 4.69) is 10.1 Å². The first-order chi connectivity index (χ1) is 35.1. The zero-order valence-electron chi connectivity index (χ0n) is 41.2. The van der Waals surface area contributed by atoms with E-state index in [4.69, 9.17) is 76.8 Å². The zero-order chi connectivity index (χ0) is 52.4. The molecule has 1 aromatic rings. The summed E-state index contributed by atoms with van der Waals surface area (Å²) >= 11 is 0. The molecule has 0 bridgehead atoms. The topological polar surface area (TPSA) is 254 Å². The molecular weight excluding hydrogens is 976 g/mol. The lowest BCUT2D eigenvalue weighted by atomic mass is 10.1. The van der Waals surface area contributed by atoms with Crippen molar-refractivity contribution in [1.82, 2.24) is 5.32 Å². The van der Waals surface area contributed by atoms with Crippen LogP contribution in [0.2, 0.25) is 0 Å². The number of rotatable bonds is 55. The maximum atomic E-state index is 13.6. The molecule has 22 nitrogen and oxygen atoms in total. The molecule has 0 aromatic heterocycles. The highest BCUT2D eigenvalue weighted by molar-refractivity contribution is 5.75. The molecule has 0 heterocycles. The zero-order valence-corrected chi connectivity index (χ0v) is 41.2. The number of halogens is 4. The predicted octanol–water partition coefficient (Wildman–Crippen LogP) is 1.17. The molecule has 1 aromatic carbocycles. The van der Waals surface area contributed by atoms with Crippen molar-refractivity contribution in [3.05, 3.63) is 29.3 Å². The Hall–Kier alpha value is -3.42. The molecule has 0 aliphatic carbocycles. The fraction of sp³-hybridized carbons (Fsp3) is 0.783. The van der Waals surface area contributed by atoms with Crippen LogP contribution >= 0.6 is 0 Å². The second kappa shape index (κ2) is 48.5. The van der Waals surface area contributed by atoms with E-state index in [1.807, 2.05) is 0 Å². The van der Waals surface area contributed by atoms with Crippen molar-refractivity contribution < 1.29 is 113 Å². The second-order valence-electron chi connectivity index (χ2n) is 14.9. The highest BCUT2D eigenvalue weighted by Crippen LogP contribution is 2.26. The lowest BCUT2D eigenvalue weighted by Crippen LogP contribution is -2.53. The minimum absolute atomic E-state index is 0.0127. The van der Waals surface area contributed by atoms with Crippen LogP contribution in [0.15, 0.2) is 6.07 Å². The Morgan fingerprint density at radius 1 is 0.431 bits per heavy atom. The number of carbonyl (C=O) groups is 4. The smallest absolute Gasteiger partial charge is 0.313 e. The maximum absolute atomic E-state index is 13.6. The van der Waals surface area contributed by atoms with Crippen molar-refractivity contribution >= 4 is 24.4 Å². The van der Waals surface area contributed by atoms with Crippen molar-refractivity contribution in [2.45, 2.75) is 31.2 Å². The molecule has 0 unspecified atom stereocenters. The largest absolute Gasteiger partial charge is 0.420 e. The van der Waals surface area contributed by atoms with Crippen molar-refractivity contribution in [3.8, 4) is 5.75 Å². The summed E-state index contributed by atoms with van der Waals surface area (Å²) in [7, 11) is 0. The van der Waals surface area contributed by atoms with Crippen molar-refractivity contribution in [2.24, 2.45) is 5.73 Å². The molecule has 26 heteroatoms. The first-order valence-electron chi connectivity index (χ1n) is 23.8. The highest BCUT2D eigenvalue weighted by atomic mass is 19.2. The summed E-state index contributed by atoms with van der Waals surface area (Å²) in [4.78, 5) is 44.8. The van der Waals surface area contributed by atoms with E-state index in [-0.39, 0.29) is 97.3 Å². The maximum Gasteiger partial charge on any atom is 0.313 e. The summed E-state index contributed by atoms with van der Waals surface area (Å²) in [5.74, 6) is -9.74. The number of nitrogens with two attached hydrogens (primary N) is 1. The quantitative estimate of drug-likeness (QED) is 0.0232. The van der Waals surface area contributed by atoms with Crippen LogP contribution in [0.3, 0.4) is 0 Å². The minimum Gasteiger partial charge on any atom is -0.420 e. The summed E-state index contributed by atoms with van der Waals surface area (Å²) in [5, 5.41) is 2.75. The molecule has 0 saturated heterocycles. The molecule has 418 valence electrons. The van der Waals surface area contributed by atoms with Gasteiger partial charge >= 0.3 is 5.97 Å². The van der Waals surface area contributed by atoms with Gasteiger partial charge in [-0.3, -0.25) is 9.59 Å². The summed E-state index contributed by atoms with van der Waals surface area (Å²) in [6.07, 6.45) is 1.70. The lowest BCUT2D eigenvalue weighted by Gasteiger charge is -2.28. The van der Waals surface area contributed by atoms with Crippen molar-refractivity contribution in [2.75, 3.05) is 205 Å². The van der Waals surface area contributed by atoms with Crippen LogP contribution in [0.5, 0.6) is 5.75 Å². The van der Waals surface area contributed by atoms with Crippen molar-refractivity contribution in [1.29, 1.82) is 0 Å². The van der Waals surface area contributed by atoms with Crippen LogP contribution in [-0.2, 0) is 90.2 Å². The lowest BCUT2D eigenvalue weighted by molar-refractivity contribution is -0.136. The first-order valence-corrected chi connectivity index (χ1v) is 23.8. The van der Waals surface area contributed by atoms with Gasteiger partial charge in [0.25, 0.3) is 0 Å². The van der Waals surface area contributed by atoms with Gasteiger partial charge in [0.2, 0.25) is 23.3 Å². The van der Waals surface area contributed by atoms with Crippen molar-refractivity contribution in [3.63, 3.8) is 0 Å². The van der Waals surface area contributed by atoms with Gasteiger partial charge in [-0.2, -0.15) is 8.78 Å². The molecule has 0 fully saturated rings. The van der Waals surface area contributed by atoms with E-state index in [1.165, 1.54) is 0 Å². The first kappa shape index (κ1) is 66.6.